The number of rotatable bonds is 7. The van der Waals surface area contributed by atoms with Gasteiger partial charge in [-0.2, -0.15) is 0 Å². The van der Waals surface area contributed by atoms with E-state index in [9.17, 15) is 5.11 Å². The Labute approximate surface area is 151 Å². The third-order valence-electron chi connectivity index (χ3n) is 5.26. The fourth-order valence-corrected chi connectivity index (χ4v) is 3.89. The molecule has 0 aromatic heterocycles. The molecule has 2 unspecified atom stereocenters. The molecule has 2 atom stereocenters. The van der Waals surface area contributed by atoms with Crippen molar-refractivity contribution in [1.29, 1.82) is 0 Å². The normalized spacial score (nSPS) is 19.7. The van der Waals surface area contributed by atoms with Gasteiger partial charge in [-0.3, -0.25) is 4.90 Å². The Morgan fingerprint density at radius 2 is 1.76 bits per heavy atom. The number of aliphatic hydroxyl groups is 1. The molecule has 0 radical (unpaired) electrons. The molecule has 0 spiro atoms. The summed E-state index contributed by atoms with van der Waals surface area (Å²) in [4.78, 5) is 2.48. The summed E-state index contributed by atoms with van der Waals surface area (Å²) in [6.45, 7) is 2.71. The topological polar surface area (TPSA) is 32.7 Å². The van der Waals surface area contributed by atoms with Gasteiger partial charge in [0.05, 0.1) is 12.7 Å². The smallest absolute Gasteiger partial charge is 0.0945 e. The minimum Gasteiger partial charge on any atom is -0.387 e. The van der Waals surface area contributed by atoms with Crippen molar-refractivity contribution in [2.75, 3.05) is 20.2 Å². The van der Waals surface area contributed by atoms with Gasteiger partial charge in [0.25, 0.3) is 0 Å². The highest BCUT2D eigenvalue weighted by Gasteiger charge is 2.29. The third kappa shape index (κ3) is 4.69. The van der Waals surface area contributed by atoms with Crippen LogP contribution in [0.5, 0.6) is 0 Å². The maximum absolute atomic E-state index is 10.9. The summed E-state index contributed by atoms with van der Waals surface area (Å²) >= 11 is 0. The molecule has 0 amide bonds. The molecule has 3 heteroatoms. The quantitative estimate of drug-likeness (QED) is 0.829. The number of nitrogens with zero attached hydrogens (tertiary/aromatic N) is 1. The van der Waals surface area contributed by atoms with Gasteiger partial charge in [-0.05, 0) is 42.5 Å². The minimum absolute atomic E-state index is 0.214. The number of ether oxygens (including phenoxy) is 1. The first kappa shape index (κ1) is 18.1. The number of hydrogen-bond donors (Lipinski definition) is 1. The lowest BCUT2D eigenvalue weighted by atomic mass is 9.92. The van der Waals surface area contributed by atoms with Gasteiger partial charge in [-0.25, -0.2) is 0 Å². The molecule has 2 aromatic rings. The van der Waals surface area contributed by atoms with E-state index in [1.54, 1.807) is 7.11 Å². The van der Waals surface area contributed by atoms with Crippen molar-refractivity contribution in [3.63, 3.8) is 0 Å². The Morgan fingerprint density at radius 3 is 2.52 bits per heavy atom. The number of hydrogen-bond acceptors (Lipinski definition) is 3. The van der Waals surface area contributed by atoms with E-state index in [0.717, 1.165) is 31.5 Å². The SMILES string of the molecule is COCc1ccccc1CCN1CCCCC1C(O)c1ccccc1. The standard InChI is InChI=1S/C22H29NO2/c1-25-17-20-12-6-5-9-18(20)14-16-23-15-8-7-13-21(23)22(24)19-10-3-2-4-11-19/h2-6,9-12,21-22,24H,7-8,13-17H2,1H3. The van der Waals surface area contributed by atoms with Crippen LogP contribution in [0.2, 0.25) is 0 Å². The van der Waals surface area contributed by atoms with Crippen LogP contribution in [0, 0.1) is 0 Å². The van der Waals surface area contributed by atoms with Crippen LogP contribution < -0.4 is 0 Å². The van der Waals surface area contributed by atoms with Crippen molar-refractivity contribution in [1.82, 2.24) is 4.90 Å². The van der Waals surface area contributed by atoms with Gasteiger partial charge in [0, 0.05) is 19.7 Å². The third-order valence-corrected chi connectivity index (χ3v) is 5.26. The summed E-state index contributed by atoms with van der Waals surface area (Å²) in [5.41, 5.74) is 3.64. The molecule has 134 valence electrons. The van der Waals surface area contributed by atoms with Crippen molar-refractivity contribution in [2.24, 2.45) is 0 Å². The van der Waals surface area contributed by atoms with Gasteiger partial charge in [0.15, 0.2) is 0 Å². The van der Waals surface area contributed by atoms with Crippen LogP contribution in [0.3, 0.4) is 0 Å². The van der Waals surface area contributed by atoms with Crippen molar-refractivity contribution >= 4 is 0 Å². The van der Waals surface area contributed by atoms with Gasteiger partial charge >= 0.3 is 0 Å². The Kier molecular flexibility index (Phi) is 6.62. The van der Waals surface area contributed by atoms with Crippen molar-refractivity contribution < 1.29 is 9.84 Å². The molecule has 2 aromatic carbocycles. The fourth-order valence-electron chi connectivity index (χ4n) is 3.89. The molecule has 1 aliphatic heterocycles. The monoisotopic (exact) mass is 339 g/mol. The first-order valence-corrected chi connectivity index (χ1v) is 9.32. The predicted octanol–water partition coefficient (Wildman–Crippen LogP) is 3.96. The number of likely N-dealkylation sites (tertiary alicyclic amines) is 1. The molecule has 3 nitrogen and oxygen atoms in total. The molecule has 1 heterocycles. The zero-order valence-electron chi connectivity index (χ0n) is 15.1. The predicted molar refractivity (Wildman–Crippen MR) is 101 cm³/mol. The molecule has 0 saturated carbocycles. The van der Waals surface area contributed by atoms with Crippen LogP contribution in [-0.2, 0) is 17.8 Å². The zero-order valence-corrected chi connectivity index (χ0v) is 15.1. The number of aliphatic hydroxyl groups excluding tert-OH is 1. The maximum atomic E-state index is 10.9. The van der Waals surface area contributed by atoms with Crippen molar-refractivity contribution in [2.45, 2.75) is 44.4 Å². The van der Waals surface area contributed by atoms with E-state index in [1.165, 1.54) is 24.0 Å². The van der Waals surface area contributed by atoms with E-state index < -0.39 is 6.10 Å². The van der Waals surface area contributed by atoms with Crippen molar-refractivity contribution in [3.8, 4) is 0 Å². The zero-order chi connectivity index (χ0) is 17.5. The lowest BCUT2D eigenvalue weighted by Crippen LogP contribution is -2.44. The van der Waals surface area contributed by atoms with E-state index in [4.69, 9.17) is 4.74 Å². The highest BCUT2D eigenvalue weighted by Crippen LogP contribution is 2.29. The van der Waals surface area contributed by atoms with E-state index in [-0.39, 0.29) is 6.04 Å². The van der Waals surface area contributed by atoms with Gasteiger partial charge < -0.3 is 9.84 Å². The highest BCUT2D eigenvalue weighted by atomic mass is 16.5. The van der Waals surface area contributed by atoms with E-state index >= 15 is 0 Å². The average Bonchev–Trinajstić information content (AvgIpc) is 2.68. The van der Waals surface area contributed by atoms with E-state index in [1.807, 2.05) is 30.3 Å². The Morgan fingerprint density at radius 1 is 1.04 bits per heavy atom. The molecule has 0 bridgehead atoms. The second kappa shape index (κ2) is 9.14. The number of benzene rings is 2. The first-order chi connectivity index (χ1) is 12.3. The van der Waals surface area contributed by atoms with Crippen molar-refractivity contribution in [3.05, 3.63) is 71.3 Å². The molecule has 0 aliphatic carbocycles. The molecule has 1 aliphatic rings. The van der Waals surface area contributed by atoms with Gasteiger partial charge in [0.2, 0.25) is 0 Å². The summed E-state index contributed by atoms with van der Waals surface area (Å²) in [6.07, 6.45) is 4.08. The summed E-state index contributed by atoms with van der Waals surface area (Å²) in [6, 6.07) is 18.8. The molecule has 1 fully saturated rings. The van der Waals surface area contributed by atoms with Gasteiger partial charge in [-0.1, -0.05) is 61.0 Å². The molecular weight excluding hydrogens is 310 g/mol. The fraction of sp³-hybridized carbons (Fsp3) is 0.455. The molecule has 1 saturated heterocycles. The summed E-state index contributed by atoms with van der Waals surface area (Å²) in [7, 11) is 1.74. The van der Waals surface area contributed by atoms with Gasteiger partial charge in [-0.15, -0.1) is 0 Å². The van der Waals surface area contributed by atoms with Gasteiger partial charge in [0.1, 0.15) is 0 Å². The first-order valence-electron chi connectivity index (χ1n) is 9.32. The summed E-state index contributed by atoms with van der Waals surface area (Å²) < 4.78 is 5.32. The second-order valence-corrected chi connectivity index (χ2v) is 6.91. The highest BCUT2D eigenvalue weighted by molar-refractivity contribution is 5.27. The lowest BCUT2D eigenvalue weighted by molar-refractivity contribution is 0.0255. The maximum Gasteiger partial charge on any atom is 0.0945 e. The number of methoxy groups -OCH3 is 1. The summed E-state index contributed by atoms with van der Waals surface area (Å²) in [5.74, 6) is 0. The van der Waals surface area contributed by atoms with Crippen LogP contribution in [0.15, 0.2) is 54.6 Å². The Balaban J connectivity index is 1.68. The van der Waals surface area contributed by atoms with Crippen LogP contribution in [0.1, 0.15) is 42.1 Å². The largest absolute Gasteiger partial charge is 0.387 e. The van der Waals surface area contributed by atoms with Crippen LogP contribution in [0.4, 0.5) is 0 Å². The Hall–Kier alpha value is -1.68. The minimum atomic E-state index is -0.407. The van der Waals surface area contributed by atoms with Crippen LogP contribution >= 0.6 is 0 Å². The van der Waals surface area contributed by atoms with E-state index in [0.29, 0.717) is 6.61 Å². The molecule has 1 N–H and O–H groups in total. The summed E-state index contributed by atoms with van der Waals surface area (Å²) in [5, 5.41) is 10.9. The van der Waals surface area contributed by atoms with Crippen LogP contribution in [-0.4, -0.2) is 36.2 Å². The number of piperidine rings is 1. The molecular formula is C22H29NO2. The van der Waals surface area contributed by atoms with E-state index in [2.05, 4.69) is 29.2 Å². The molecule has 3 rings (SSSR count). The Bertz CT molecular complexity index is 643. The second-order valence-electron chi connectivity index (χ2n) is 6.91. The molecule has 25 heavy (non-hydrogen) atoms. The lowest BCUT2D eigenvalue weighted by Gasteiger charge is -2.38. The van der Waals surface area contributed by atoms with Crippen LogP contribution in [0.25, 0.3) is 0 Å². The average molecular weight is 339 g/mol.